The summed E-state index contributed by atoms with van der Waals surface area (Å²) >= 11 is 1.47. The van der Waals surface area contributed by atoms with E-state index in [9.17, 15) is 23.1 Å². The normalized spacial score (nSPS) is 17.5. The van der Waals surface area contributed by atoms with Crippen molar-refractivity contribution in [1.29, 1.82) is 0 Å². The molecule has 12 heteroatoms. The predicted octanol–water partition coefficient (Wildman–Crippen LogP) is 1.89. The smallest absolute Gasteiger partial charge is 0.327 e. The van der Waals surface area contributed by atoms with Crippen molar-refractivity contribution in [1.82, 2.24) is 14.7 Å². The van der Waals surface area contributed by atoms with E-state index in [0.29, 0.717) is 21.9 Å². The van der Waals surface area contributed by atoms with Gasteiger partial charge in [0.05, 0.1) is 23.5 Å². The number of aryl methyl sites for hydroxylation is 1. The molecule has 3 aromatic rings. The van der Waals surface area contributed by atoms with Gasteiger partial charge in [-0.3, -0.25) is 9.59 Å². The lowest BCUT2D eigenvalue weighted by Gasteiger charge is -2.20. The number of aliphatic hydroxyl groups excluding tert-OH is 1. The number of methoxy groups -OCH3 is 1. The lowest BCUT2D eigenvalue weighted by atomic mass is 9.89. The molecule has 1 aliphatic carbocycles. The number of sulfonamides is 1. The minimum absolute atomic E-state index is 0.107. The highest BCUT2D eigenvalue weighted by Gasteiger charge is 2.31. The molecular formula is C23H27N3O7S2. The number of benzene rings is 1. The first-order chi connectivity index (χ1) is 16.6. The Morgan fingerprint density at radius 3 is 2.71 bits per heavy atom. The van der Waals surface area contributed by atoms with Gasteiger partial charge in [0.25, 0.3) is 5.56 Å². The van der Waals surface area contributed by atoms with E-state index in [2.05, 4.69) is 21.6 Å². The molecule has 4 rings (SSSR count). The quantitative estimate of drug-likeness (QED) is 0.381. The van der Waals surface area contributed by atoms with Crippen LogP contribution in [0.4, 0.5) is 0 Å². The molecule has 10 nitrogen and oxygen atoms in total. The number of carbonyl (C=O) groups is 1. The van der Waals surface area contributed by atoms with Gasteiger partial charge in [-0.2, -0.15) is 4.72 Å². The average molecular weight is 522 g/mol. The van der Waals surface area contributed by atoms with Crippen LogP contribution in [-0.2, 0) is 39.0 Å². The number of aliphatic hydroxyl groups is 1. The van der Waals surface area contributed by atoms with E-state index < -0.39 is 28.1 Å². The van der Waals surface area contributed by atoms with Crippen molar-refractivity contribution in [3.05, 3.63) is 50.9 Å². The van der Waals surface area contributed by atoms with Crippen molar-refractivity contribution in [2.45, 2.75) is 56.8 Å². The second-order valence-corrected chi connectivity index (χ2v) is 11.5. The number of esters is 1. The fourth-order valence-corrected chi connectivity index (χ4v) is 6.68. The third-order valence-electron chi connectivity index (χ3n) is 5.95. The Balaban J connectivity index is 1.49. The van der Waals surface area contributed by atoms with Crippen molar-refractivity contribution in [3.8, 4) is 5.75 Å². The largest absolute Gasteiger partial charge is 0.497 e. The third-order valence-corrected chi connectivity index (χ3v) is 8.56. The van der Waals surface area contributed by atoms with Crippen LogP contribution in [0, 0.1) is 5.92 Å². The van der Waals surface area contributed by atoms with Crippen LogP contribution in [0.2, 0.25) is 0 Å². The maximum atomic E-state index is 12.7. The number of thiophene rings is 1. The van der Waals surface area contributed by atoms with Crippen molar-refractivity contribution >= 4 is 37.5 Å². The summed E-state index contributed by atoms with van der Waals surface area (Å²) in [6.45, 7) is 3.07. The summed E-state index contributed by atoms with van der Waals surface area (Å²) in [7, 11) is -2.69. The molecule has 35 heavy (non-hydrogen) atoms. The summed E-state index contributed by atoms with van der Waals surface area (Å²) in [6, 6.07) is 4.00. The molecule has 0 spiro atoms. The second-order valence-electron chi connectivity index (χ2n) is 8.67. The zero-order valence-electron chi connectivity index (χ0n) is 19.5. The van der Waals surface area contributed by atoms with E-state index in [1.54, 1.807) is 0 Å². The number of hydrogen-bond donors (Lipinski definition) is 3. The van der Waals surface area contributed by atoms with Gasteiger partial charge < -0.3 is 19.6 Å². The molecule has 2 aromatic heterocycles. The van der Waals surface area contributed by atoms with E-state index in [0.717, 1.165) is 29.7 Å². The van der Waals surface area contributed by atoms with Crippen LogP contribution >= 0.6 is 11.3 Å². The van der Waals surface area contributed by atoms with E-state index in [1.165, 1.54) is 49.6 Å². The molecule has 2 heterocycles. The number of ether oxygens (including phenoxy) is 2. The van der Waals surface area contributed by atoms with Crippen LogP contribution in [0.25, 0.3) is 10.2 Å². The molecule has 0 bridgehead atoms. The average Bonchev–Trinajstić information content (AvgIpc) is 3.18. The van der Waals surface area contributed by atoms with E-state index in [4.69, 9.17) is 9.47 Å². The molecule has 0 saturated carbocycles. The monoisotopic (exact) mass is 521 g/mol. The number of rotatable bonds is 8. The van der Waals surface area contributed by atoms with Crippen LogP contribution in [0.3, 0.4) is 0 Å². The molecule has 0 aliphatic heterocycles. The molecule has 3 N–H and O–H groups in total. The van der Waals surface area contributed by atoms with Gasteiger partial charge in [0.15, 0.2) is 0 Å². The first kappa shape index (κ1) is 25.3. The van der Waals surface area contributed by atoms with Crippen molar-refractivity contribution < 1.29 is 27.8 Å². The summed E-state index contributed by atoms with van der Waals surface area (Å²) in [4.78, 5) is 34.1. The highest BCUT2D eigenvalue weighted by Crippen LogP contribution is 2.35. The second kappa shape index (κ2) is 10.1. The highest BCUT2D eigenvalue weighted by molar-refractivity contribution is 7.89. The van der Waals surface area contributed by atoms with Gasteiger partial charge in [-0.05, 0) is 61.9 Å². The van der Waals surface area contributed by atoms with Gasteiger partial charge in [0.2, 0.25) is 10.0 Å². The first-order valence-corrected chi connectivity index (χ1v) is 13.4. The summed E-state index contributed by atoms with van der Waals surface area (Å²) in [6.07, 6.45) is 1.38. The van der Waals surface area contributed by atoms with Crippen LogP contribution < -0.4 is 15.0 Å². The Kier molecular flexibility index (Phi) is 7.27. The van der Waals surface area contributed by atoms with Gasteiger partial charge in [0, 0.05) is 4.88 Å². The number of aromatic nitrogens is 2. The summed E-state index contributed by atoms with van der Waals surface area (Å²) in [5.74, 6) is 0.160. The minimum atomic E-state index is -4.14. The standard InChI is InChI=1S/C23H27N3O7S2/c1-12-4-9-16-17(10-12)34-22-19(16)21(28)24-18(25-22)11-33-23(29)20(13(2)27)26-35(30,31)15-7-5-14(32-3)6-8-15/h5-8,12-13,20,26-27H,4,9-11H2,1-3H3,(H,24,25,28)/t12-,13-,20-/m0/s1. The summed E-state index contributed by atoms with van der Waals surface area (Å²) in [5.41, 5.74) is 0.753. The Morgan fingerprint density at radius 2 is 2.06 bits per heavy atom. The fraction of sp³-hybridized carbons (Fsp3) is 0.435. The Labute approximate surface area is 206 Å². The number of H-pyrrole nitrogens is 1. The maximum absolute atomic E-state index is 12.7. The fourth-order valence-electron chi connectivity index (χ4n) is 4.02. The number of fused-ring (bicyclic) bond motifs is 3. The Morgan fingerprint density at radius 1 is 1.34 bits per heavy atom. The first-order valence-electron chi connectivity index (χ1n) is 11.1. The molecule has 0 amide bonds. The van der Waals surface area contributed by atoms with Gasteiger partial charge in [0.1, 0.15) is 29.1 Å². The lowest BCUT2D eigenvalue weighted by Crippen LogP contribution is -2.48. The van der Waals surface area contributed by atoms with E-state index in [1.807, 2.05) is 0 Å². The Bertz CT molecular complexity index is 1390. The van der Waals surface area contributed by atoms with Crippen LogP contribution in [0.15, 0.2) is 34.0 Å². The number of nitrogens with zero attached hydrogens (tertiary/aromatic N) is 1. The zero-order valence-corrected chi connectivity index (χ0v) is 21.2. The SMILES string of the molecule is COc1ccc(S(=O)(=O)N[C@H](C(=O)OCc2nc3sc4c(c3c(=O)[nH]2)CC[C@H](C)C4)[C@H](C)O)cc1. The van der Waals surface area contributed by atoms with Gasteiger partial charge >= 0.3 is 5.97 Å². The molecule has 0 fully saturated rings. The number of hydrogen-bond acceptors (Lipinski definition) is 9. The van der Waals surface area contributed by atoms with Crippen molar-refractivity contribution in [3.63, 3.8) is 0 Å². The predicted molar refractivity (Wildman–Crippen MR) is 130 cm³/mol. The Hall–Kier alpha value is -2.80. The molecule has 1 aromatic carbocycles. The number of carbonyl (C=O) groups excluding carboxylic acids is 1. The minimum Gasteiger partial charge on any atom is -0.497 e. The summed E-state index contributed by atoms with van der Waals surface area (Å²) < 4.78 is 37.8. The highest BCUT2D eigenvalue weighted by atomic mass is 32.2. The third kappa shape index (κ3) is 5.40. The molecule has 0 saturated heterocycles. The van der Waals surface area contributed by atoms with E-state index in [-0.39, 0.29) is 22.9 Å². The molecule has 3 atom stereocenters. The van der Waals surface area contributed by atoms with Crippen molar-refractivity contribution in [2.24, 2.45) is 5.92 Å². The number of aromatic amines is 1. The number of nitrogens with one attached hydrogen (secondary N) is 2. The zero-order chi connectivity index (χ0) is 25.3. The van der Waals surface area contributed by atoms with E-state index >= 15 is 0 Å². The van der Waals surface area contributed by atoms with Crippen LogP contribution in [0.5, 0.6) is 5.75 Å². The van der Waals surface area contributed by atoms with Crippen LogP contribution in [-0.4, -0.2) is 48.7 Å². The lowest BCUT2D eigenvalue weighted by molar-refractivity contribution is -0.149. The molecule has 0 radical (unpaired) electrons. The van der Waals surface area contributed by atoms with Crippen molar-refractivity contribution in [2.75, 3.05) is 7.11 Å². The molecular weight excluding hydrogens is 494 g/mol. The topological polar surface area (TPSA) is 148 Å². The van der Waals surface area contributed by atoms with Gasteiger partial charge in [-0.15, -0.1) is 11.3 Å². The van der Waals surface area contributed by atoms with Gasteiger partial charge in [-0.1, -0.05) is 6.92 Å². The molecule has 1 aliphatic rings. The van der Waals surface area contributed by atoms with Crippen LogP contribution in [0.1, 0.15) is 36.5 Å². The maximum Gasteiger partial charge on any atom is 0.327 e. The summed E-state index contributed by atoms with van der Waals surface area (Å²) in [5, 5.41) is 10.6. The molecule has 0 unspecified atom stereocenters. The van der Waals surface area contributed by atoms with Gasteiger partial charge in [-0.25, -0.2) is 13.4 Å². The molecule has 188 valence electrons.